The zero-order chi connectivity index (χ0) is 14.5. The lowest BCUT2D eigenvalue weighted by molar-refractivity contribution is 0.0642. The predicted molar refractivity (Wildman–Crippen MR) is 90.7 cm³/mol. The monoisotopic (exact) mass is 330 g/mol. The summed E-state index contributed by atoms with van der Waals surface area (Å²) in [7, 11) is 0. The highest BCUT2D eigenvalue weighted by Gasteiger charge is 2.26. The average molecular weight is 331 g/mol. The molecule has 3 nitrogen and oxygen atoms in total. The van der Waals surface area contributed by atoms with Gasteiger partial charge in [-0.15, -0.1) is 12.4 Å². The van der Waals surface area contributed by atoms with Crippen LogP contribution in [0.4, 0.5) is 0 Å². The van der Waals surface area contributed by atoms with Crippen molar-refractivity contribution in [3.63, 3.8) is 0 Å². The molecule has 1 aliphatic rings. The topological polar surface area (TPSA) is 32.3 Å². The summed E-state index contributed by atoms with van der Waals surface area (Å²) in [4.78, 5) is 14.9. The van der Waals surface area contributed by atoms with Crippen molar-refractivity contribution in [2.75, 3.05) is 19.6 Å². The third-order valence-corrected chi connectivity index (χ3v) is 4.38. The molecular weight excluding hydrogens is 307 g/mol. The Labute approximate surface area is 138 Å². The molecule has 0 bridgehead atoms. The molecule has 2 rings (SSSR count). The number of piperidine rings is 1. The van der Waals surface area contributed by atoms with Gasteiger partial charge in [0.2, 0.25) is 0 Å². The van der Waals surface area contributed by atoms with E-state index in [1.165, 1.54) is 0 Å². The molecule has 118 valence electrons. The molecule has 0 radical (unpaired) electrons. The molecule has 1 aromatic rings. The average Bonchev–Trinajstić information content (AvgIpc) is 2.48. The number of amides is 1. The van der Waals surface area contributed by atoms with Crippen molar-refractivity contribution in [2.24, 2.45) is 0 Å². The van der Waals surface area contributed by atoms with Crippen LogP contribution >= 0.6 is 24.0 Å². The van der Waals surface area contributed by atoms with E-state index >= 15 is 0 Å². The zero-order valence-electron chi connectivity index (χ0n) is 12.7. The lowest BCUT2D eigenvalue weighted by atomic mass is 10.0. The van der Waals surface area contributed by atoms with Gasteiger partial charge in [-0.05, 0) is 57.0 Å². The highest BCUT2D eigenvalue weighted by molar-refractivity contribution is 6.31. The fourth-order valence-electron chi connectivity index (χ4n) is 2.80. The Bertz CT molecular complexity index is 473. The van der Waals surface area contributed by atoms with Gasteiger partial charge in [0.1, 0.15) is 0 Å². The zero-order valence-corrected chi connectivity index (χ0v) is 14.3. The third kappa shape index (κ3) is 4.35. The van der Waals surface area contributed by atoms with Crippen LogP contribution in [0.15, 0.2) is 18.2 Å². The predicted octanol–water partition coefficient (Wildman–Crippen LogP) is 3.67. The van der Waals surface area contributed by atoms with Crippen LogP contribution in [0.25, 0.3) is 0 Å². The minimum absolute atomic E-state index is 0. The highest BCUT2D eigenvalue weighted by Crippen LogP contribution is 2.22. The molecule has 0 saturated carbocycles. The molecule has 1 amide bonds. The number of rotatable bonds is 4. The van der Waals surface area contributed by atoms with E-state index in [-0.39, 0.29) is 18.3 Å². The molecule has 1 aromatic carbocycles. The molecule has 0 aliphatic carbocycles. The van der Waals surface area contributed by atoms with Gasteiger partial charge in [0.05, 0.1) is 0 Å². The van der Waals surface area contributed by atoms with Crippen LogP contribution in [-0.4, -0.2) is 36.5 Å². The Balaban J connectivity index is 0.00000220. The van der Waals surface area contributed by atoms with Gasteiger partial charge in [-0.3, -0.25) is 4.79 Å². The quantitative estimate of drug-likeness (QED) is 0.913. The van der Waals surface area contributed by atoms with Crippen LogP contribution in [0.2, 0.25) is 5.02 Å². The van der Waals surface area contributed by atoms with Gasteiger partial charge in [-0.2, -0.15) is 0 Å². The Kier molecular flexibility index (Phi) is 7.50. The van der Waals surface area contributed by atoms with Crippen LogP contribution in [0.3, 0.4) is 0 Å². The van der Waals surface area contributed by atoms with Gasteiger partial charge in [-0.1, -0.05) is 24.6 Å². The van der Waals surface area contributed by atoms with Crippen molar-refractivity contribution in [1.82, 2.24) is 10.2 Å². The number of hydrogen-bond donors (Lipinski definition) is 1. The summed E-state index contributed by atoms with van der Waals surface area (Å²) in [5, 5.41) is 4.02. The summed E-state index contributed by atoms with van der Waals surface area (Å²) in [6.07, 6.45) is 3.05. The number of carbonyl (C=O) groups excluding carboxylic acids is 1. The van der Waals surface area contributed by atoms with Gasteiger partial charge < -0.3 is 10.2 Å². The van der Waals surface area contributed by atoms with E-state index < -0.39 is 0 Å². The Morgan fingerprint density at radius 1 is 1.38 bits per heavy atom. The molecule has 0 atom stereocenters. The smallest absolute Gasteiger partial charge is 0.254 e. The number of benzene rings is 1. The first-order chi connectivity index (χ1) is 9.65. The van der Waals surface area contributed by atoms with Crippen molar-refractivity contribution in [3.8, 4) is 0 Å². The van der Waals surface area contributed by atoms with Gasteiger partial charge in [0.25, 0.3) is 5.91 Å². The van der Waals surface area contributed by atoms with Crippen molar-refractivity contribution >= 4 is 29.9 Å². The van der Waals surface area contributed by atoms with Crippen LogP contribution in [0.5, 0.6) is 0 Å². The molecule has 1 saturated heterocycles. The van der Waals surface area contributed by atoms with Crippen molar-refractivity contribution in [2.45, 2.75) is 39.2 Å². The summed E-state index contributed by atoms with van der Waals surface area (Å²) < 4.78 is 0. The Morgan fingerprint density at radius 3 is 2.67 bits per heavy atom. The molecule has 1 fully saturated rings. The van der Waals surface area contributed by atoms with E-state index in [1.54, 1.807) is 0 Å². The summed E-state index contributed by atoms with van der Waals surface area (Å²) in [5.41, 5.74) is 1.62. The minimum Gasteiger partial charge on any atom is -0.336 e. The Morgan fingerprint density at radius 2 is 2.05 bits per heavy atom. The molecule has 0 unspecified atom stereocenters. The van der Waals surface area contributed by atoms with Crippen LogP contribution in [0.1, 0.15) is 42.1 Å². The third-order valence-electron chi connectivity index (χ3n) is 3.97. The van der Waals surface area contributed by atoms with Gasteiger partial charge >= 0.3 is 0 Å². The second kappa shape index (κ2) is 8.62. The summed E-state index contributed by atoms with van der Waals surface area (Å²) in [5.74, 6) is 0.124. The molecule has 5 heteroatoms. The Hall–Kier alpha value is -0.770. The van der Waals surface area contributed by atoms with E-state index in [0.29, 0.717) is 11.1 Å². The number of nitrogens with zero attached hydrogens (tertiary/aromatic N) is 1. The molecule has 0 spiro atoms. The molecule has 1 aliphatic heterocycles. The van der Waals surface area contributed by atoms with Crippen LogP contribution in [0, 0.1) is 6.92 Å². The number of nitrogens with one attached hydrogen (secondary N) is 1. The number of carbonyl (C=O) groups is 1. The van der Waals surface area contributed by atoms with Crippen molar-refractivity contribution < 1.29 is 4.79 Å². The maximum absolute atomic E-state index is 12.9. The molecule has 21 heavy (non-hydrogen) atoms. The van der Waals surface area contributed by atoms with E-state index in [0.717, 1.165) is 50.0 Å². The van der Waals surface area contributed by atoms with Gasteiger partial charge in [0.15, 0.2) is 0 Å². The number of hydrogen-bond acceptors (Lipinski definition) is 2. The highest BCUT2D eigenvalue weighted by atomic mass is 35.5. The SMILES string of the molecule is CCCN(C(=O)c1cccc(Cl)c1C)C1CCNCC1.Cl. The summed E-state index contributed by atoms with van der Waals surface area (Å²) >= 11 is 6.14. The van der Waals surface area contributed by atoms with Crippen LogP contribution in [-0.2, 0) is 0 Å². The van der Waals surface area contributed by atoms with Crippen molar-refractivity contribution in [3.05, 3.63) is 34.3 Å². The lowest BCUT2D eigenvalue weighted by Gasteiger charge is -2.35. The normalized spacial score (nSPS) is 15.4. The van der Waals surface area contributed by atoms with Gasteiger partial charge in [0, 0.05) is 23.2 Å². The van der Waals surface area contributed by atoms with Crippen LogP contribution < -0.4 is 5.32 Å². The number of halogens is 2. The first-order valence-electron chi connectivity index (χ1n) is 7.42. The van der Waals surface area contributed by atoms with E-state index in [4.69, 9.17) is 11.6 Å². The fraction of sp³-hybridized carbons (Fsp3) is 0.562. The molecule has 1 N–H and O–H groups in total. The first kappa shape index (κ1) is 18.3. The standard InChI is InChI=1S/C16H23ClN2O.ClH/c1-3-11-19(13-7-9-18-10-8-13)16(20)14-5-4-6-15(17)12(14)2;/h4-6,13,18H,3,7-11H2,1-2H3;1H. The second-order valence-electron chi connectivity index (χ2n) is 5.39. The summed E-state index contributed by atoms with van der Waals surface area (Å²) in [6.45, 7) is 6.84. The largest absolute Gasteiger partial charge is 0.336 e. The van der Waals surface area contributed by atoms with E-state index in [9.17, 15) is 4.79 Å². The second-order valence-corrected chi connectivity index (χ2v) is 5.80. The fourth-order valence-corrected chi connectivity index (χ4v) is 2.98. The lowest BCUT2D eigenvalue weighted by Crippen LogP contribution is -2.46. The molecule has 1 heterocycles. The maximum atomic E-state index is 12.9. The minimum atomic E-state index is 0. The van der Waals surface area contributed by atoms with Crippen molar-refractivity contribution in [1.29, 1.82) is 0 Å². The van der Waals surface area contributed by atoms with E-state index in [2.05, 4.69) is 12.2 Å². The maximum Gasteiger partial charge on any atom is 0.254 e. The first-order valence-corrected chi connectivity index (χ1v) is 7.79. The molecular formula is C16H24Cl2N2O. The molecule has 0 aromatic heterocycles. The van der Waals surface area contributed by atoms with E-state index in [1.807, 2.05) is 30.0 Å². The van der Waals surface area contributed by atoms with Gasteiger partial charge in [-0.25, -0.2) is 0 Å². The summed E-state index contributed by atoms with van der Waals surface area (Å²) in [6, 6.07) is 5.92.